The lowest BCUT2D eigenvalue weighted by Gasteiger charge is -2.09. The van der Waals surface area contributed by atoms with Gasteiger partial charge in [-0.15, -0.1) is 0 Å². The van der Waals surface area contributed by atoms with Crippen molar-refractivity contribution in [3.8, 4) is 17.2 Å². The second-order valence-corrected chi connectivity index (χ2v) is 4.71. The zero-order valence-corrected chi connectivity index (χ0v) is 12.7. The third-order valence-electron chi connectivity index (χ3n) is 3.06. The number of phenolic OH excluding ortho intramolecular Hbond substituents is 2. The first-order valence-corrected chi connectivity index (χ1v) is 7.14. The van der Waals surface area contributed by atoms with Crippen LogP contribution in [0.4, 0.5) is 0 Å². The van der Waals surface area contributed by atoms with Crippen molar-refractivity contribution in [1.29, 1.82) is 0 Å². The summed E-state index contributed by atoms with van der Waals surface area (Å²) < 4.78 is 10.5. The minimum absolute atomic E-state index is 0.101. The van der Waals surface area contributed by atoms with E-state index in [9.17, 15) is 15.0 Å². The number of rotatable bonds is 7. The number of benzene rings is 2. The molecule has 120 valence electrons. The lowest BCUT2D eigenvalue weighted by atomic mass is 10.0. The van der Waals surface area contributed by atoms with E-state index in [0.717, 1.165) is 0 Å². The largest absolute Gasteiger partial charge is 0.507 e. The Hall–Kier alpha value is -2.95. The van der Waals surface area contributed by atoms with E-state index in [1.54, 1.807) is 30.5 Å². The molecular weight excluding hydrogens is 296 g/mol. The maximum Gasteiger partial charge on any atom is 0.200 e. The number of aromatic hydroxyl groups is 2. The number of hydrogen-bond acceptors (Lipinski definition) is 5. The summed E-state index contributed by atoms with van der Waals surface area (Å²) >= 11 is 0. The number of ether oxygens (including phenoxy) is 2. The fraction of sp³-hybridized carbons (Fsp3) is 0.167. The molecule has 0 amide bonds. The summed E-state index contributed by atoms with van der Waals surface area (Å²) in [5, 5.41) is 19.8. The van der Waals surface area contributed by atoms with E-state index in [1.807, 2.05) is 6.92 Å². The van der Waals surface area contributed by atoms with Crippen molar-refractivity contribution in [2.24, 2.45) is 0 Å². The lowest BCUT2D eigenvalue weighted by molar-refractivity contribution is 0.103. The van der Waals surface area contributed by atoms with E-state index in [-0.39, 0.29) is 22.6 Å². The Morgan fingerprint density at radius 3 is 2.48 bits per heavy atom. The minimum Gasteiger partial charge on any atom is -0.507 e. The van der Waals surface area contributed by atoms with Gasteiger partial charge in [0.2, 0.25) is 0 Å². The average molecular weight is 314 g/mol. The van der Waals surface area contributed by atoms with E-state index >= 15 is 0 Å². The minimum atomic E-state index is -0.455. The maximum atomic E-state index is 12.3. The Morgan fingerprint density at radius 1 is 1.04 bits per heavy atom. The molecule has 0 aliphatic heterocycles. The van der Waals surface area contributed by atoms with Crippen LogP contribution in [0.15, 0.2) is 54.8 Å². The van der Waals surface area contributed by atoms with Crippen LogP contribution in [0.5, 0.6) is 17.2 Å². The molecule has 0 fully saturated rings. The number of carbonyl (C=O) groups is 1. The fourth-order valence-electron chi connectivity index (χ4n) is 1.98. The average Bonchev–Trinajstić information content (AvgIpc) is 2.55. The van der Waals surface area contributed by atoms with Crippen LogP contribution in [0.2, 0.25) is 0 Å². The molecule has 0 aliphatic carbocycles. The zero-order valence-electron chi connectivity index (χ0n) is 12.7. The van der Waals surface area contributed by atoms with Crippen LogP contribution < -0.4 is 4.74 Å². The van der Waals surface area contributed by atoms with Crippen LogP contribution in [0.3, 0.4) is 0 Å². The molecule has 5 heteroatoms. The lowest BCUT2D eigenvalue weighted by Crippen LogP contribution is -2.05. The van der Waals surface area contributed by atoms with Gasteiger partial charge in [0.1, 0.15) is 30.5 Å². The van der Waals surface area contributed by atoms with E-state index in [0.29, 0.717) is 19.0 Å². The molecule has 0 unspecified atom stereocenters. The summed E-state index contributed by atoms with van der Waals surface area (Å²) in [5.41, 5.74) is 0.236. The van der Waals surface area contributed by atoms with Crippen molar-refractivity contribution in [3.63, 3.8) is 0 Å². The van der Waals surface area contributed by atoms with Crippen LogP contribution in [0.1, 0.15) is 22.8 Å². The molecule has 2 aromatic rings. The number of allylic oxidation sites excluding steroid dienone is 1. The third-order valence-corrected chi connectivity index (χ3v) is 3.06. The molecule has 0 saturated carbocycles. The van der Waals surface area contributed by atoms with Gasteiger partial charge in [0, 0.05) is 6.07 Å². The highest BCUT2D eigenvalue weighted by Crippen LogP contribution is 2.28. The summed E-state index contributed by atoms with van der Waals surface area (Å²) in [5.74, 6) is -0.354. The number of phenols is 2. The first-order valence-electron chi connectivity index (χ1n) is 7.14. The van der Waals surface area contributed by atoms with E-state index in [4.69, 9.17) is 9.47 Å². The first-order chi connectivity index (χ1) is 11.1. The summed E-state index contributed by atoms with van der Waals surface area (Å²) in [6.07, 6.45) is 3.33. The topological polar surface area (TPSA) is 76.0 Å². The summed E-state index contributed by atoms with van der Waals surface area (Å²) in [6, 6.07) is 10.6. The van der Waals surface area contributed by atoms with E-state index in [2.05, 4.69) is 0 Å². The first kappa shape index (κ1) is 16.4. The van der Waals surface area contributed by atoms with Crippen LogP contribution in [-0.4, -0.2) is 29.2 Å². The molecule has 0 saturated heterocycles. The highest BCUT2D eigenvalue weighted by atomic mass is 16.5. The van der Waals surface area contributed by atoms with Crippen molar-refractivity contribution in [2.45, 2.75) is 6.92 Å². The Morgan fingerprint density at radius 2 is 1.78 bits per heavy atom. The number of carbonyl (C=O) groups excluding carboxylic acids is 1. The third kappa shape index (κ3) is 4.26. The molecule has 23 heavy (non-hydrogen) atoms. The molecule has 0 spiro atoms. The maximum absolute atomic E-state index is 12.3. The van der Waals surface area contributed by atoms with Gasteiger partial charge in [-0.25, -0.2) is 0 Å². The van der Waals surface area contributed by atoms with E-state index < -0.39 is 5.78 Å². The second kappa shape index (κ2) is 7.89. The Labute approximate surface area is 134 Å². The quantitative estimate of drug-likeness (QED) is 0.466. The van der Waals surface area contributed by atoms with Crippen molar-refractivity contribution in [2.75, 3.05) is 13.2 Å². The highest BCUT2D eigenvalue weighted by molar-refractivity contribution is 6.12. The smallest absolute Gasteiger partial charge is 0.200 e. The number of hydrogen-bond donors (Lipinski definition) is 2. The van der Waals surface area contributed by atoms with Gasteiger partial charge in [-0.1, -0.05) is 18.2 Å². The Bertz CT molecular complexity index is 706. The highest BCUT2D eigenvalue weighted by Gasteiger charge is 2.17. The van der Waals surface area contributed by atoms with Gasteiger partial charge in [-0.2, -0.15) is 0 Å². The molecule has 2 N–H and O–H groups in total. The second-order valence-electron chi connectivity index (χ2n) is 4.71. The Balaban J connectivity index is 2.07. The molecule has 0 heterocycles. The molecule has 0 aliphatic rings. The zero-order chi connectivity index (χ0) is 16.7. The molecule has 2 aromatic carbocycles. The summed E-state index contributed by atoms with van der Waals surface area (Å²) in [7, 11) is 0. The van der Waals surface area contributed by atoms with Crippen molar-refractivity contribution < 1.29 is 24.5 Å². The molecule has 0 radical (unpaired) electrons. The fourth-order valence-corrected chi connectivity index (χ4v) is 1.98. The molecular formula is C18H18O5. The predicted molar refractivity (Wildman–Crippen MR) is 85.9 cm³/mol. The van der Waals surface area contributed by atoms with Crippen molar-refractivity contribution in [1.82, 2.24) is 0 Å². The molecule has 2 rings (SSSR count). The number of ketones is 1. The van der Waals surface area contributed by atoms with Gasteiger partial charge in [0.05, 0.1) is 17.4 Å². The van der Waals surface area contributed by atoms with Gasteiger partial charge < -0.3 is 19.7 Å². The molecule has 5 nitrogen and oxygen atoms in total. The number of para-hydroxylation sites is 1. The van der Waals surface area contributed by atoms with Crippen LogP contribution >= 0.6 is 0 Å². The molecule has 0 aromatic heterocycles. The van der Waals surface area contributed by atoms with Gasteiger partial charge in [-0.3, -0.25) is 4.79 Å². The van der Waals surface area contributed by atoms with Crippen molar-refractivity contribution in [3.05, 3.63) is 65.9 Å². The monoisotopic (exact) mass is 314 g/mol. The van der Waals surface area contributed by atoms with Crippen LogP contribution in [-0.2, 0) is 4.74 Å². The van der Waals surface area contributed by atoms with Gasteiger partial charge >= 0.3 is 0 Å². The van der Waals surface area contributed by atoms with Crippen molar-refractivity contribution >= 4 is 5.78 Å². The van der Waals surface area contributed by atoms with E-state index in [1.165, 1.54) is 24.3 Å². The van der Waals surface area contributed by atoms with Gasteiger partial charge in [-0.05, 0) is 31.2 Å². The normalized spacial score (nSPS) is 10.7. The van der Waals surface area contributed by atoms with Gasteiger partial charge in [0.15, 0.2) is 5.78 Å². The Kier molecular flexibility index (Phi) is 5.63. The summed E-state index contributed by atoms with van der Waals surface area (Å²) in [4.78, 5) is 12.3. The molecule has 0 atom stereocenters. The van der Waals surface area contributed by atoms with Gasteiger partial charge in [0.25, 0.3) is 0 Å². The molecule has 0 bridgehead atoms. The van der Waals surface area contributed by atoms with Crippen LogP contribution in [0, 0.1) is 0 Å². The standard InChI is InChI=1S/C18H18O5/c1-2-9-22-10-11-23-13-7-8-15(17(20)12-13)18(21)14-5-3-4-6-16(14)19/h2-9,12,19-20H,10-11H2,1H3. The predicted octanol–water partition coefficient (Wildman–Crippen LogP) is 3.26. The summed E-state index contributed by atoms with van der Waals surface area (Å²) in [6.45, 7) is 2.54. The SMILES string of the molecule is CC=COCCOc1ccc(C(=O)c2ccccc2O)c(O)c1. The van der Waals surface area contributed by atoms with Crippen LogP contribution in [0.25, 0.3) is 0 Å².